The average molecular weight is 250 g/mol. The summed E-state index contributed by atoms with van der Waals surface area (Å²) in [5.41, 5.74) is 2.39. The number of benzene rings is 1. The van der Waals surface area contributed by atoms with Crippen LogP contribution in [-0.4, -0.2) is 30.0 Å². The smallest absolute Gasteiger partial charge is 0.238 e. The quantitative estimate of drug-likeness (QED) is 0.850. The molecule has 3 nitrogen and oxygen atoms in total. The van der Waals surface area contributed by atoms with Crippen molar-refractivity contribution in [2.75, 3.05) is 18.1 Å². The number of nitrogens with one attached hydrogen (secondary N) is 2. The Labute approximate surface area is 106 Å². The van der Waals surface area contributed by atoms with Crippen LogP contribution in [0.25, 0.3) is 0 Å². The van der Waals surface area contributed by atoms with E-state index in [1.165, 1.54) is 5.56 Å². The molecular formula is C13H18N2OS. The molecule has 1 aromatic rings. The van der Waals surface area contributed by atoms with Gasteiger partial charge in [0, 0.05) is 24.6 Å². The van der Waals surface area contributed by atoms with E-state index in [4.69, 9.17) is 0 Å². The number of carbonyl (C=O) groups is 1. The second-order valence-electron chi connectivity index (χ2n) is 4.29. The van der Waals surface area contributed by atoms with Gasteiger partial charge in [0.1, 0.15) is 0 Å². The number of amides is 1. The molecule has 1 fully saturated rings. The highest BCUT2D eigenvalue weighted by Crippen LogP contribution is 2.08. The Morgan fingerprint density at radius 3 is 2.88 bits per heavy atom. The lowest BCUT2D eigenvalue weighted by Gasteiger charge is -2.22. The maximum Gasteiger partial charge on any atom is 0.238 e. The van der Waals surface area contributed by atoms with Gasteiger partial charge in [-0.15, -0.1) is 0 Å². The van der Waals surface area contributed by atoms with Crippen LogP contribution in [0, 0.1) is 6.92 Å². The maximum atomic E-state index is 11.9. The standard InChI is InChI=1S/C13H18N2OS/c1-10-2-4-11(5-3-10)8-15-13(16)12-9-17-7-6-14-12/h2-5,12,14H,6-9H2,1H3,(H,15,16). The summed E-state index contributed by atoms with van der Waals surface area (Å²) in [7, 11) is 0. The van der Waals surface area contributed by atoms with Gasteiger partial charge in [-0.3, -0.25) is 4.79 Å². The van der Waals surface area contributed by atoms with Crippen molar-refractivity contribution in [3.8, 4) is 0 Å². The van der Waals surface area contributed by atoms with Crippen LogP contribution in [0.1, 0.15) is 11.1 Å². The number of thioether (sulfide) groups is 1. The molecule has 2 rings (SSSR count). The van der Waals surface area contributed by atoms with Gasteiger partial charge in [-0.25, -0.2) is 0 Å². The first-order valence-electron chi connectivity index (χ1n) is 5.90. The van der Waals surface area contributed by atoms with Gasteiger partial charge >= 0.3 is 0 Å². The predicted octanol–water partition coefficient (Wildman–Crippen LogP) is 1.32. The van der Waals surface area contributed by atoms with Crippen molar-refractivity contribution in [1.82, 2.24) is 10.6 Å². The second-order valence-corrected chi connectivity index (χ2v) is 5.43. The van der Waals surface area contributed by atoms with E-state index in [1.54, 1.807) is 0 Å². The van der Waals surface area contributed by atoms with Crippen molar-refractivity contribution < 1.29 is 4.79 Å². The SMILES string of the molecule is Cc1ccc(CNC(=O)C2CSCCN2)cc1. The molecule has 1 aliphatic heterocycles. The number of hydrogen-bond acceptors (Lipinski definition) is 3. The zero-order valence-corrected chi connectivity index (χ0v) is 10.8. The fraction of sp³-hybridized carbons (Fsp3) is 0.462. The largest absolute Gasteiger partial charge is 0.351 e. The first-order valence-corrected chi connectivity index (χ1v) is 7.05. The molecule has 0 spiro atoms. The normalized spacial score (nSPS) is 19.9. The molecule has 1 heterocycles. The molecule has 17 heavy (non-hydrogen) atoms. The summed E-state index contributed by atoms with van der Waals surface area (Å²) >= 11 is 1.83. The summed E-state index contributed by atoms with van der Waals surface area (Å²) in [5, 5.41) is 6.20. The van der Waals surface area contributed by atoms with Crippen molar-refractivity contribution in [2.24, 2.45) is 0 Å². The highest BCUT2D eigenvalue weighted by molar-refractivity contribution is 7.99. The van der Waals surface area contributed by atoms with E-state index in [0.717, 1.165) is 23.6 Å². The summed E-state index contributed by atoms with van der Waals surface area (Å²) in [4.78, 5) is 11.9. The number of carbonyl (C=O) groups excluding carboxylic acids is 1. The monoisotopic (exact) mass is 250 g/mol. The minimum Gasteiger partial charge on any atom is -0.351 e. The van der Waals surface area contributed by atoms with Crippen LogP contribution in [-0.2, 0) is 11.3 Å². The Morgan fingerprint density at radius 1 is 1.47 bits per heavy atom. The number of aryl methyl sites for hydroxylation is 1. The van der Waals surface area contributed by atoms with Gasteiger partial charge in [0.05, 0.1) is 6.04 Å². The van der Waals surface area contributed by atoms with Gasteiger partial charge in [-0.1, -0.05) is 29.8 Å². The summed E-state index contributed by atoms with van der Waals surface area (Å²) in [6.45, 7) is 3.60. The summed E-state index contributed by atoms with van der Waals surface area (Å²) in [5.74, 6) is 2.08. The minimum atomic E-state index is -0.0285. The number of rotatable bonds is 3. The molecule has 1 atom stereocenters. The lowest BCUT2D eigenvalue weighted by Crippen LogP contribution is -2.48. The molecule has 1 saturated heterocycles. The van der Waals surface area contributed by atoms with Gasteiger partial charge in [0.15, 0.2) is 0 Å². The van der Waals surface area contributed by atoms with E-state index in [2.05, 4.69) is 41.8 Å². The molecule has 0 saturated carbocycles. The second kappa shape index (κ2) is 6.07. The predicted molar refractivity (Wildman–Crippen MR) is 72.1 cm³/mol. The molecule has 0 radical (unpaired) electrons. The van der Waals surface area contributed by atoms with E-state index < -0.39 is 0 Å². The fourth-order valence-electron chi connectivity index (χ4n) is 1.75. The van der Waals surface area contributed by atoms with Crippen molar-refractivity contribution in [3.63, 3.8) is 0 Å². The molecule has 92 valence electrons. The van der Waals surface area contributed by atoms with Crippen LogP contribution in [0.4, 0.5) is 0 Å². The highest BCUT2D eigenvalue weighted by atomic mass is 32.2. The Kier molecular flexibility index (Phi) is 4.45. The summed E-state index contributed by atoms with van der Waals surface area (Å²) in [6.07, 6.45) is 0. The molecule has 0 aliphatic carbocycles. The van der Waals surface area contributed by atoms with Crippen LogP contribution in [0.2, 0.25) is 0 Å². The Balaban J connectivity index is 1.81. The van der Waals surface area contributed by atoms with Gasteiger partial charge in [-0.2, -0.15) is 11.8 Å². The van der Waals surface area contributed by atoms with E-state index in [-0.39, 0.29) is 11.9 Å². The van der Waals surface area contributed by atoms with Crippen LogP contribution in [0.5, 0.6) is 0 Å². The lowest BCUT2D eigenvalue weighted by atomic mass is 10.1. The number of hydrogen-bond donors (Lipinski definition) is 2. The Bertz CT molecular complexity index is 372. The zero-order chi connectivity index (χ0) is 12.1. The van der Waals surface area contributed by atoms with Crippen LogP contribution >= 0.6 is 11.8 Å². The zero-order valence-electron chi connectivity index (χ0n) is 10.0. The van der Waals surface area contributed by atoms with E-state index in [0.29, 0.717) is 6.54 Å². The van der Waals surface area contributed by atoms with Gasteiger partial charge in [-0.05, 0) is 12.5 Å². The van der Waals surface area contributed by atoms with Crippen LogP contribution < -0.4 is 10.6 Å². The fourth-order valence-corrected chi connectivity index (χ4v) is 2.69. The highest BCUT2D eigenvalue weighted by Gasteiger charge is 2.20. The minimum absolute atomic E-state index is 0.0285. The summed E-state index contributed by atoms with van der Waals surface area (Å²) in [6, 6.07) is 8.21. The maximum absolute atomic E-state index is 11.9. The topological polar surface area (TPSA) is 41.1 Å². The third-order valence-corrected chi connectivity index (χ3v) is 3.89. The average Bonchev–Trinajstić information content (AvgIpc) is 2.39. The van der Waals surface area contributed by atoms with Crippen molar-refractivity contribution in [2.45, 2.75) is 19.5 Å². The van der Waals surface area contributed by atoms with Gasteiger partial charge < -0.3 is 10.6 Å². The molecular weight excluding hydrogens is 232 g/mol. The molecule has 1 amide bonds. The molecule has 1 unspecified atom stereocenters. The Hall–Kier alpha value is -1.00. The lowest BCUT2D eigenvalue weighted by molar-refractivity contribution is -0.122. The third kappa shape index (κ3) is 3.75. The van der Waals surface area contributed by atoms with E-state index in [9.17, 15) is 4.79 Å². The van der Waals surface area contributed by atoms with Crippen molar-refractivity contribution in [1.29, 1.82) is 0 Å². The first kappa shape index (κ1) is 12.5. The molecule has 4 heteroatoms. The first-order chi connectivity index (χ1) is 8.25. The van der Waals surface area contributed by atoms with E-state index in [1.807, 2.05) is 11.8 Å². The summed E-state index contributed by atoms with van der Waals surface area (Å²) < 4.78 is 0. The molecule has 1 aromatic carbocycles. The van der Waals surface area contributed by atoms with Gasteiger partial charge in [0.2, 0.25) is 5.91 Å². The molecule has 0 bridgehead atoms. The van der Waals surface area contributed by atoms with E-state index >= 15 is 0 Å². The van der Waals surface area contributed by atoms with Crippen molar-refractivity contribution >= 4 is 17.7 Å². The van der Waals surface area contributed by atoms with Gasteiger partial charge in [0.25, 0.3) is 0 Å². The molecule has 2 N–H and O–H groups in total. The molecule has 0 aromatic heterocycles. The van der Waals surface area contributed by atoms with Crippen LogP contribution in [0.3, 0.4) is 0 Å². The van der Waals surface area contributed by atoms with Crippen molar-refractivity contribution in [3.05, 3.63) is 35.4 Å². The van der Waals surface area contributed by atoms with Crippen LogP contribution in [0.15, 0.2) is 24.3 Å². The Morgan fingerprint density at radius 2 is 2.24 bits per heavy atom. The third-order valence-electron chi connectivity index (χ3n) is 2.83. The molecule has 1 aliphatic rings.